The second-order valence-electron chi connectivity index (χ2n) is 13.5. The highest BCUT2D eigenvalue weighted by atomic mass is 35.5. The number of nitrogens with two attached hydrogens (primary N) is 1. The molecule has 0 bridgehead atoms. The molecule has 1 aliphatic carbocycles. The van der Waals surface area contributed by atoms with Crippen molar-refractivity contribution in [2.45, 2.75) is 57.5 Å². The van der Waals surface area contributed by atoms with E-state index in [0.29, 0.717) is 28.1 Å². The largest absolute Gasteiger partial charge is 0.389 e. The topological polar surface area (TPSA) is 115 Å². The number of ether oxygens (including phenoxy) is 1. The maximum absolute atomic E-state index is 13.3. The van der Waals surface area contributed by atoms with E-state index in [9.17, 15) is 9.59 Å². The van der Waals surface area contributed by atoms with Crippen LogP contribution >= 0.6 is 35.2 Å². The van der Waals surface area contributed by atoms with Crippen LogP contribution in [-0.2, 0) is 20.9 Å². The standard InChI is InChI=1S/C36H41ClN6O3S2/c37-31-25(4-5-28-29(23-2-1-3-24(18-23)33(38)47)22-43(32(28)31)27-7-15-46-16-8-27)21-40-34(45)26-19-36(20-26)9-13-42(14-10-36)12-6-30(44)41-35-39-11-17-48-35/h1-5,11,17-18,22,26-27H,6-10,12-16,19-21H2,(H2,38,47)(H,40,45)(H,39,41,44). The summed E-state index contributed by atoms with van der Waals surface area (Å²) in [6, 6.07) is 12.4. The molecule has 2 saturated heterocycles. The molecule has 4 aromatic rings. The number of carbonyl (C=O) groups is 2. The van der Waals surface area contributed by atoms with Gasteiger partial charge in [-0.1, -0.05) is 54.2 Å². The molecule has 12 heteroatoms. The van der Waals surface area contributed by atoms with Crippen LogP contribution in [0.5, 0.6) is 0 Å². The molecule has 252 valence electrons. The predicted molar refractivity (Wildman–Crippen MR) is 195 cm³/mol. The minimum Gasteiger partial charge on any atom is -0.389 e. The number of benzene rings is 2. The third-order valence-corrected chi connectivity index (χ3v) is 11.8. The minimum atomic E-state index is 0.00418. The molecule has 9 nitrogen and oxygen atoms in total. The molecule has 2 aliphatic heterocycles. The number of carbonyl (C=O) groups excluding carboxylic acids is 2. The van der Waals surface area contributed by atoms with Gasteiger partial charge in [-0.25, -0.2) is 4.98 Å². The first-order chi connectivity index (χ1) is 23.3. The van der Waals surface area contributed by atoms with Crippen molar-refractivity contribution in [1.29, 1.82) is 0 Å². The summed E-state index contributed by atoms with van der Waals surface area (Å²) >= 11 is 13.9. The quantitative estimate of drug-likeness (QED) is 0.161. The molecule has 1 saturated carbocycles. The van der Waals surface area contributed by atoms with E-state index in [1.165, 1.54) is 11.3 Å². The zero-order chi connectivity index (χ0) is 33.3. The number of hydrogen-bond acceptors (Lipinski definition) is 7. The summed E-state index contributed by atoms with van der Waals surface area (Å²) in [5, 5.41) is 10.3. The van der Waals surface area contributed by atoms with E-state index < -0.39 is 0 Å². The van der Waals surface area contributed by atoms with E-state index in [1.54, 1.807) is 6.20 Å². The number of hydrogen-bond donors (Lipinski definition) is 3. The SMILES string of the molecule is NC(=S)c1cccc(-c2cn(C3CCOCC3)c3c(Cl)c(CNC(=O)C4CC5(CCN(CCC(=O)Nc6nccs6)CC5)C4)ccc23)c1. The normalized spacial score (nSPS) is 18.5. The van der Waals surface area contributed by atoms with Gasteiger partial charge in [0.25, 0.3) is 0 Å². The number of likely N-dealkylation sites (tertiary alicyclic amines) is 1. The Labute approximate surface area is 295 Å². The summed E-state index contributed by atoms with van der Waals surface area (Å²) in [6.45, 7) is 4.50. The molecule has 0 radical (unpaired) electrons. The van der Waals surface area contributed by atoms with Crippen LogP contribution in [-0.4, -0.2) is 64.1 Å². The third-order valence-electron chi connectivity index (χ3n) is 10.5. The van der Waals surface area contributed by atoms with Crippen LogP contribution in [0.15, 0.2) is 54.2 Å². The van der Waals surface area contributed by atoms with Gasteiger partial charge in [-0.2, -0.15) is 0 Å². The Morgan fingerprint density at radius 3 is 2.67 bits per heavy atom. The van der Waals surface area contributed by atoms with Crippen molar-refractivity contribution in [3.05, 3.63) is 70.3 Å². The average Bonchev–Trinajstić information content (AvgIpc) is 3.75. The highest BCUT2D eigenvalue weighted by molar-refractivity contribution is 7.80. The Balaban J connectivity index is 0.973. The lowest BCUT2D eigenvalue weighted by Gasteiger charge is -2.51. The highest BCUT2D eigenvalue weighted by Gasteiger charge is 2.48. The Morgan fingerprint density at radius 2 is 1.94 bits per heavy atom. The molecule has 2 aromatic heterocycles. The molecule has 4 N–H and O–H groups in total. The molecule has 0 atom stereocenters. The van der Waals surface area contributed by atoms with Gasteiger partial charge in [0.15, 0.2) is 5.13 Å². The molecule has 0 unspecified atom stereocenters. The molecule has 2 amide bonds. The van der Waals surface area contributed by atoms with Crippen molar-refractivity contribution in [1.82, 2.24) is 19.8 Å². The molecular formula is C36H41ClN6O3S2. The van der Waals surface area contributed by atoms with E-state index in [4.69, 9.17) is 34.3 Å². The fraction of sp³-hybridized carbons (Fsp3) is 0.444. The summed E-state index contributed by atoms with van der Waals surface area (Å²) in [4.78, 5) is 32.4. The lowest BCUT2D eigenvalue weighted by molar-refractivity contribution is -0.135. The number of halogens is 1. The van der Waals surface area contributed by atoms with Crippen LogP contribution in [0.3, 0.4) is 0 Å². The maximum Gasteiger partial charge on any atom is 0.227 e. The molecule has 3 fully saturated rings. The van der Waals surface area contributed by atoms with E-state index in [0.717, 1.165) is 105 Å². The van der Waals surface area contributed by atoms with Crippen LogP contribution in [0, 0.1) is 11.3 Å². The van der Waals surface area contributed by atoms with Crippen molar-refractivity contribution in [2.24, 2.45) is 17.1 Å². The van der Waals surface area contributed by atoms with Crippen molar-refractivity contribution in [2.75, 3.05) is 38.2 Å². The zero-order valence-electron chi connectivity index (χ0n) is 26.9. The van der Waals surface area contributed by atoms with E-state index in [-0.39, 0.29) is 29.2 Å². The van der Waals surface area contributed by atoms with Gasteiger partial charge in [0.1, 0.15) is 4.99 Å². The summed E-state index contributed by atoms with van der Waals surface area (Å²) in [7, 11) is 0. The molecule has 4 heterocycles. The van der Waals surface area contributed by atoms with Gasteiger partial charge in [-0.3, -0.25) is 9.59 Å². The first-order valence-electron chi connectivity index (χ1n) is 16.8. The Kier molecular flexibility index (Phi) is 9.84. The van der Waals surface area contributed by atoms with Gasteiger partial charge >= 0.3 is 0 Å². The Bertz CT molecular complexity index is 1800. The number of nitrogens with zero attached hydrogens (tertiary/aromatic N) is 3. The first kappa shape index (κ1) is 33.2. The summed E-state index contributed by atoms with van der Waals surface area (Å²) in [5.74, 6) is 0.138. The van der Waals surface area contributed by atoms with E-state index in [2.05, 4.69) is 43.4 Å². The minimum absolute atomic E-state index is 0.00418. The average molecular weight is 705 g/mol. The second-order valence-corrected chi connectivity index (χ2v) is 15.2. The Morgan fingerprint density at radius 1 is 1.15 bits per heavy atom. The number of thiazole rings is 1. The van der Waals surface area contributed by atoms with Crippen molar-refractivity contribution >= 4 is 68.0 Å². The lowest BCUT2D eigenvalue weighted by atomic mass is 9.57. The molecule has 3 aliphatic rings. The number of fused-ring (bicyclic) bond motifs is 1. The molecular weight excluding hydrogens is 664 g/mol. The number of piperidine rings is 1. The van der Waals surface area contributed by atoms with Crippen molar-refractivity contribution < 1.29 is 14.3 Å². The van der Waals surface area contributed by atoms with Crippen LogP contribution in [0.1, 0.15) is 62.1 Å². The highest BCUT2D eigenvalue weighted by Crippen LogP contribution is 2.52. The molecule has 48 heavy (non-hydrogen) atoms. The summed E-state index contributed by atoms with van der Waals surface area (Å²) in [5.41, 5.74) is 11.0. The number of rotatable bonds is 10. The van der Waals surface area contributed by atoms with Gasteiger partial charge in [0.05, 0.1) is 10.5 Å². The predicted octanol–water partition coefficient (Wildman–Crippen LogP) is 6.54. The van der Waals surface area contributed by atoms with Gasteiger partial charge in [-0.05, 0) is 74.2 Å². The van der Waals surface area contributed by atoms with E-state index in [1.807, 2.05) is 29.6 Å². The first-order valence-corrected chi connectivity index (χ1v) is 18.4. The van der Waals surface area contributed by atoms with Gasteiger partial charge in [-0.15, -0.1) is 11.3 Å². The van der Waals surface area contributed by atoms with Crippen LogP contribution < -0.4 is 16.4 Å². The Hall–Kier alpha value is -3.35. The second kappa shape index (κ2) is 14.2. The number of nitrogens with one attached hydrogen (secondary N) is 2. The smallest absolute Gasteiger partial charge is 0.227 e. The van der Waals surface area contributed by atoms with Crippen LogP contribution in [0.4, 0.5) is 5.13 Å². The van der Waals surface area contributed by atoms with Crippen LogP contribution in [0.25, 0.3) is 22.0 Å². The van der Waals surface area contributed by atoms with Crippen molar-refractivity contribution in [3.63, 3.8) is 0 Å². The zero-order valence-corrected chi connectivity index (χ0v) is 29.3. The monoisotopic (exact) mass is 704 g/mol. The lowest BCUT2D eigenvalue weighted by Crippen LogP contribution is -2.51. The summed E-state index contributed by atoms with van der Waals surface area (Å²) in [6.07, 6.45) is 10.2. The van der Waals surface area contributed by atoms with Crippen LogP contribution in [0.2, 0.25) is 5.02 Å². The number of aromatic nitrogens is 2. The fourth-order valence-corrected chi connectivity index (χ4v) is 8.69. The molecule has 2 aromatic carbocycles. The fourth-order valence-electron chi connectivity index (χ4n) is 7.69. The number of anilines is 1. The molecule has 1 spiro atoms. The van der Waals surface area contributed by atoms with Gasteiger partial charge in [0, 0.05) is 79.0 Å². The number of thiocarbonyl (C=S) groups is 1. The van der Waals surface area contributed by atoms with E-state index >= 15 is 0 Å². The number of amides is 2. The van der Waals surface area contributed by atoms with Gasteiger partial charge in [0.2, 0.25) is 11.8 Å². The van der Waals surface area contributed by atoms with Gasteiger partial charge < -0.3 is 30.6 Å². The summed E-state index contributed by atoms with van der Waals surface area (Å²) < 4.78 is 7.97. The third kappa shape index (κ3) is 7.02. The molecule has 7 rings (SSSR count). The van der Waals surface area contributed by atoms with Crippen molar-refractivity contribution in [3.8, 4) is 11.1 Å². The maximum atomic E-state index is 13.3.